The lowest BCUT2D eigenvalue weighted by Crippen LogP contribution is -2.48. The van der Waals surface area contributed by atoms with Crippen molar-refractivity contribution in [2.75, 3.05) is 0 Å². The summed E-state index contributed by atoms with van der Waals surface area (Å²) in [5.41, 5.74) is 1.30. The van der Waals surface area contributed by atoms with E-state index in [2.05, 4.69) is 52.1 Å². The van der Waals surface area contributed by atoms with Crippen molar-refractivity contribution in [3.63, 3.8) is 0 Å². The normalized spacial score (nSPS) is 13.8. The highest BCUT2D eigenvalue weighted by atomic mass is 32.2. The summed E-state index contributed by atoms with van der Waals surface area (Å²) in [5.74, 6) is 1.000. The van der Waals surface area contributed by atoms with Crippen LogP contribution in [0.25, 0.3) is 0 Å². The van der Waals surface area contributed by atoms with Gasteiger partial charge in [0.1, 0.15) is 0 Å². The smallest absolute Gasteiger partial charge is 0.233 e. The third-order valence-corrected chi connectivity index (χ3v) is 4.36. The zero-order valence-electron chi connectivity index (χ0n) is 14.2. The lowest BCUT2D eigenvalue weighted by Gasteiger charge is -2.34. The summed E-state index contributed by atoms with van der Waals surface area (Å²) in [5, 5.41) is 3.15. The summed E-state index contributed by atoms with van der Waals surface area (Å²) in [4.78, 5) is 12.3. The monoisotopic (exact) mass is 307 g/mol. The molecule has 3 heteroatoms. The fourth-order valence-corrected chi connectivity index (χ4v) is 3.52. The van der Waals surface area contributed by atoms with Gasteiger partial charge in [0.05, 0.1) is 5.25 Å². The molecule has 0 aliphatic rings. The van der Waals surface area contributed by atoms with Gasteiger partial charge in [-0.1, -0.05) is 51.1 Å². The van der Waals surface area contributed by atoms with E-state index in [4.69, 9.17) is 0 Å². The van der Waals surface area contributed by atoms with Gasteiger partial charge in [-0.3, -0.25) is 4.79 Å². The molecule has 0 fully saturated rings. The van der Waals surface area contributed by atoms with Gasteiger partial charge in [-0.15, -0.1) is 11.8 Å². The number of nitrogens with one attached hydrogen (secondary N) is 1. The van der Waals surface area contributed by atoms with Crippen molar-refractivity contribution in [1.29, 1.82) is 0 Å². The molecule has 0 bridgehead atoms. The second-order valence-electron chi connectivity index (χ2n) is 7.55. The number of carbonyl (C=O) groups excluding carboxylic acids is 1. The first-order chi connectivity index (χ1) is 9.59. The standard InChI is InChI=1S/C18H29NOS/c1-14(21-12-15-10-8-7-9-11-15)16(20)19-18(5,6)13-17(2,3)4/h7-11,14H,12-13H2,1-6H3,(H,19,20)/t14-/m0/s1. The Balaban J connectivity index is 2.47. The first-order valence-corrected chi connectivity index (χ1v) is 8.61. The summed E-state index contributed by atoms with van der Waals surface area (Å²) in [6, 6.07) is 10.3. The molecule has 1 aromatic rings. The highest BCUT2D eigenvalue weighted by Gasteiger charge is 2.28. The number of carbonyl (C=O) groups is 1. The Morgan fingerprint density at radius 3 is 2.24 bits per heavy atom. The van der Waals surface area contributed by atoms with Crippen LogP contribution in [0.2, 0.25) is 0 Å². The van der Waals surface area contributed by atoms with Gasteiger partial charge in [0, 0.05) is 11.3 Å². The fraction of sp³-hybridized carbons (Fsp3) is 0.611. The third kappa shape index (κ3) is 7.56. The van der Waals surface area contributed by atoms with Crippen LogP contribution in [0, 0.1) is 5.41 Å². The zero-order chi connectivity index (χ0) is 16.1. The minimum Gasteiger partial charge on any atom is -0.350 e. The summed E-state index contributed by atoms with van der Waals surface area (Å²) in [6.07, 6.45) is 0.960. The van der Waals surface area contributed by atoms with Crippen LogP contribution in [0.1, 0.15) is 53.5 Å². The first kappa shape index (κ1) is 18.1. The minimum absolute atomic E-state index is 0.0375. The van der Waals surface area contributed by atoms with Gasteiger partial charge in [0.2, 0.25) is 5.91 Å². The molecular formula is C18H29NOS. The molecule has 2 nitrogen and oxygen atoms in total. The Kier molecular flexibility index (Phi) is 6.33. The molecular weight excluding hydrogens is 278 g/mol. The topological polar surface area (TPSA) is 29.1 Å². The molecule has 1 aromatic carbocycles. The molecule has 1 amide bonds. The van der Waals surface area contributed by atoms with Crippen molar-refractivity contribution in [2.45, 2.75) is 64.5 Å². The Morgan fingerprint density at radius 2 is 1.71 bits per heavy atom. The van der Waals surface area contributed by atoms with E-state index in [1.54, 1.807) is 11.8 Å². The van der Waals surface area contributed by atoms with Gasteiger partial charge in [-0.05, 0) is 38.2 Å². The maximum Gasteiger partial charge on any atom is 0.233 e. The molecule has 0 heterocycles. The lowest BCUT2D eigenvalue weighted by atomic mass is 9.82. The zero-order valence-corrected chi connectivity index (χ0v) is 15.0. The molecule has 0 unspecified atom stereocenters. The summed E-state index contributed by atoms with van der Waals surface area (Å²) in [7, 11) is 0. The SMILES string of the molecule is C[C@H](SCc1ccccc1)C(=O)NC(C)(C)CC(C)(C)C. The second kappa shape index (κ2) is 7.35. The van der Waals surface area contributed by atoms with E-state index < -0.39 is 0 Å². The van der Waals surface area contributed by atoms with Crippen LogP contribution in [0.4, 0.5) is 0 Å². The van der Waals surface area contributed by atoms with E-state index in [1.807, 2.05) is 25.1 Å². The molecule has 0 aliphatic carbocycles. The second-order valence-corrected chi connectivity index (χ2v) is 8.88. The van der Waals surface area contributed by atoms with E-state index in [1.165, 1.54) is 5.56 Å². The van der Waals surface area contributed by atoms with Crippen molar-refractivity contribution in [3.05, 3.63) is 35.9 Å². The van der Waals surface area contributed by atoms with E-state index >= 15 is 0 Å². The molecule has 0 radical (unpaired) electrons. The first-order valence-electron chi connectivity index (χ1n) is 7.57. The molecule has 1 rings (SSSR count). The maximum atomic E-state index is 12.3. The van der Waals surface area contributed by atoms with Crippen molar-refractivity contribution in [1.82, 2.24) is 5.32 Å². The quantitative estimate of drug-likeness (QED) is 0.829. The minimum atomic E-state index is -0.170. The number of thioether (sulfide) groups is 1. The number of benzene rings is 1. The van der Waals surface area contributed by atoms with Crippen LogP contribution in [0.3, 0.4) is 0 Å². The van der Waals surface area contributed by atoms with Gasteiger partial charge in [-0.2, -0.15) is 0 Å². The molecule has 1 atom stereocenters. The van der Waals surface area contributed by atoms with Crippen molar-refractivity contribution < 1.29 is 4.79 Å². The molecule has 21 heavy (non-hydrogen) atoms. The molecule has 0 saturated carbocycles. The number of amides is 1. The molecule has 0 saturated heterocycles. The molecule has 0 aliphatic heterocycles. The number of rotatable bonds is 6. The molecule has 1 N–H and O–H groups in total. The highest BCUT2D eigenvalue weighted by Crippen LogP contribution is 2.27. The van der Waals surface area contributed by atoms with Crippen molar-refractivity contribution in [3.8, 4) is 0 Å². The Bertz CT molecular complexity index is 448. The van der Waals surface area contributed by atoms with E-state index in [-0.39, 0.29) is 22.1 Å². The number of hydrogen-bond acceptors (Lipinski definition) is 2. The Hall–Kier alpha value is -0.960. The highest BCUT2D eigenvalue weighted by molar-refractivity contribution is 7.99. The van der Waals surface area contributed by atoms with Crippen molar-refractivity contribution >= 4 is 17.7 Å². The van der Waals surface area contributed by atoms with Gasteiger partial charge >= 0.3 is 0 Å². The van der Waals surface area contributed by atoms with E-state index in [9.17, 15) is 4.79 Å². The van der Waals surface area contributed by atoms with Crippen LogP contribution in [0.15, 0.2) is 30.3 Å². The average molecular weight is 308 g/mol. The van der Waals surface area contributed by atoms with E-state index in [0.29, 0.717) is 0 Å². The predicted molar refractivity (Wildman–Crippen MR) is 93.5 cm³/mol. The van der Waals surface area contributed by atoms with Gasteiger partial charge in [0.25, 0.3) is 0 Å². The fourth-order valence-electron chi connectivity index (χ4n) is 2.68. The summed E-state index contributed by atoms with van der Waals surface area (Å²) in [6.45, 7) is 12.8. The summed E-state index contributed by atoms with van der Waals surface area (Å²) >= 11 is 1.68. The van der Waals surface area contributed by atoms with Crippen LogP contribution in [-0.4, -0.2) is 16.7 Å². The molecule has 0 aromatic heterocycles. The summed E-state index contributed by atoms with van der Waals surface area (Å²) < 4.78 is 0. The van der Waals surface area contributed by atoms with Crippen LogP contribution >= 0.6 is 11.8 Å². The van der Waals surface area contributed by atoms with E-state index in [0.717, 1.165) is 12.2 Å². The number of hydrogen-bond donors (Lipinski definition) is 1. The lowest BCUT2D eigenvalue weighted by molar-refractivity contribution is -0.122. The molecule has 118 valence electrons. The Labute approximate surface area is 134 Å². The maximum absolute atomic E-state index is 12.3. The van der Waals surface area contributed by atoms with Gasteiger partial charge in [0.15, 0.2) is 0 Å². The van der Waals surface area contributed by atoms with Crippen LogP contribution < -0.4 is 5.32 Å². The van der Waals surface area contributed by atoms with Crippen molar-refractivity contribution in [2.24, 2.45) is 5.41 Å². The third-order valence-electron chi connectivity index (χ3n) is 3.15. The van der Waals surface area contributed by atoms with Gasteiger partial charge in [-0.25, -0.2) is 0 Å². The van der Waals surface area contributed by atoms with Gasteiger partial charge < -0.3 is 5.32 Å². The van der Waals surface area contributed by atoms with Crippen LogP contribution in [0.5, 0.6) is 0 Å². The average Bonchev–Trinajstić information content (AvgIpc) is 2.33. The Morgan fingerprint density at radius 1 is 1.14 bits per heavy atom. The molecule has 0 spiro atoms. The van der Waals surface area contributed by atoms with Crippen LogP contribution in [-0.2, 0) is 10.5 Å². The predicted octanol–water partition coefficient (Wildman–Crippen LogP) is 4.64. The largest absolute Gasteiger partial charge is 0.350 e.